The van der Waals surface area contributed by atoms with Crippen molar-refractivity contribution in [1.82, 2.24) is 0 Å². The predicted molar refractivity (Wildman–Crippen MR) is 51.1 cm³/mol. The number of esters is 2. The second kappa shape index (κ2) is 5.11. The van der Waals surface area contributed by atoms with E-state index in [1.807, 2.05) is 6.92 Å². The first-order valence-corrected chi connectivity index (χ1v) is 4.95. The van der Waals surface area contributed by atoms with Crippen LogP contribution < -0.4 is 0 Å². The van der Waals surface area contributed by atoms with Gasteiger partial charge in [0.1, 0.15) is 12.7 Å². The van der Waals surface area contributed by atoms with Gasteiger partial charge in [-0.3, -0.25) is 9.59 Å². The van der Waals surface area contributed by atoms with Crippen molar-refractivity contribution in [2.75, 3.05) is 6.61 Å². The summed E-state index contributed by atoms with van der Waals surface area (Å²) in [5.74, 6) is -0.647. The summed E-state index contributed by atoms with van der Waals surface area (Å²) in [4.78, 5) is 21.3. The Morgan fingerprint density at radius 3 is 2.53 bits per heavy atom. The maximum absolute atomic E-state index is 10.8. The molecule has 0 aromatic rings. The van der Waals surface area contributed by atoms with Gasteiger partial charge in [-0.15, -0.1) is 0 Å². The summed E-state index contributed by atoms with van der Waals surface area (Å²) in [6.45, 7) is 4.77. The Balaban J connectivity index is 2.34. The molecule has 5 heteroatoms. The van der Waals surface area contributed by atoms with E-state index >= 15 is 0 Å². The standard InChI is InChI=1S/C10H16O5/c1-6-10(15-8(3)12)4-9(14-6)5-13-7(2)11/h6,9-10H,4-5H2,1-3H3/t6-,9-,10?/m0/s1. The van der Waals surface area contributed by atoms with Gasteiger partial charge < -0.3 is 14.2 Å². The van der Waals surface area contributed by atoms with Crippen LogP contribution in [0.15, 0.2) is 0 Å². The van der Waals surface area contributed by atoms with Crippen LogP contribution in [0.2, 0.25) is 0 Å². The van der Waals surface area contributed by atoms with E-state index in [9.17, 15) is 9.59 Å². The van der Waals surface area contributed by atoms with Crippen LogP contribution in [0.1, 0.15) is 27.2 Å². The fourth-order valence-corrected chi connectivity index (χ4v) is 1.57. The van der Waals surface area contributed by atoms with E-state index in [4.69, 9.17) is 14.2 Å². The molecule has 0 N–H and O–H groups in total. The van der Waals surface area contributed by atoms with E-state index in [2.05, 4.69) is 0 Å². The molecule has 1 unspecified atom stereocenters. The second-order valence-electron chi connectivity index (χ2n) is 3.65. The van der Waals surface area contributed by atoms with Crippen molar-refractivity contribution in [2.45, 2.75) is 45.5 Å². The lowest BCUT2D eigenvalue weighted by molar-refractivity contribution is -0.148. The third kappa shape index (κ3) is 3.87. The van der Waals surface area contributed by atoms with Gasteiger partial charge in [0.15, 0.2) is 0 Å². The maximum Gasteiger partial charge on any atom is 0.302 e. The fourth-order valence-electron chi connectivity index (χ4n) is 1.57. The largest absolute Gasteiger partial charge is 0.463 e. The summed E-state index contributed by atoms with van der Waals surface area (Å²) in [6, 6.07) is 0. The molecule has 86 valence electrons. The first kappa shape index (κ1) is 12.0. The number of carbonyl (C=O) groups is 2. The summed E-state index contributed by atoms with van der Waals surface area (Å²) in [5, 5.41) is 0. The lowest BCUT2D eigenvalue weighted by atomic mass is 10.1. The Morgan fingerprint density at radius 2 is 2.00 bits per heavy atom. The van der Waals surface area contributed by atoms with Crippen LogP contribution in [0, 0.1) is 0 Å². The smallest absolute Gasteiger partial charge is 0.302 e. The molecule has 0 saturated carbocycles. The molecule has 1 rings (SSSR count). The van der Waals surface area contributed by atoms with Crippen LogP contribution in [0.4, 0.5) is 0 Å². The molecule has 1 aliphatic heterocycles. The normalized spacial score (nSPS) is 29.9. The summed E-state index contributed by atoms with van der Waals surface area (Å²) in [5.41, 5.74) is 0. The Labute approximate surface area is 88.7 Å². The van der Waals surface area contributed by atoms with Gasteiger partial charge >= 0.3 is 11.9 Å². The molecule has 0 aromatic carbocycles. The maximum atomic E-state index is 10.8. The Hall–Kier alpha value is -1.10. The van der Waals surface area contributed by atoms with Crippen molar-refractivity contribution in [3.8, 4) is 0 Å². The molecule has 1 saturated heterocycles. The topological polar surface area (TPSA) is 61.8 Å². The van der Waals surface area contributed by atoms with E-state index in [0.29, 0.717) is 6.42 Å². The highest BCUT2D eigenvalue weighted by Gasteiger charge is 2.34. The van der Waals surface area contributed by atoms with E-state index in [0.717, 1.165) is 0 Å². The van der Waals surface area contributed by atoms with Gasteiger partial charge in [0.2, 0.25) is 0 Å². The number of hydrogen-bond acceptors (Lipinski definition) is 5. The Kier molecular flexibility index (Phi) is 4.08. The molecule has 15 heavy (non-hydrogen) atoms. The predicted octanol–water partition coefficient (Wildman–Crippen LogP) is 0.659. The number of carbonyl (C=O) groups excluding carboxylic acids is 2. The first-order valence-electron chi connectivity index (χ1n) is 4.95. The van der Waals surface area contributed by atoms with Crippen molar-refractivity contribution in [3.63, 3.8) is 0 Å². The molecule has 0 aliphatic carbocycles. The van der Waals surface area contributed by atoms with Gasteiger partial charge in [0.25, 0.3) is 0 Å². The van der Waals surface area contributed by atoms with Crippen molar-refractivity contribution < 1.29 is 23.8 Å². The minimum Gasteiger partial charge on any atom is -0.463 e. The van der Waals surface area contributed by atoms with Crippen molar-refractivity contribution in [2.24, 2.45) is 0 Å². The molecule has 0 bridgehead atoms. The lowest BCUT2D eigenvalue weighted by Gasteiger charge is -2.12. The molecular formula is C10H16O5. The van der Waals surface area contributed by atoms with E-state index in [-0.39, 0.29) is 36.9 Å². The summed E-state index contributed by atoms with van der Waals surface area (Å²) in [6.07, 6.45) is 0.0272. The molecule has 0 amide bonds. The average Bonchev–Trinajstić information content (AvgIpc) is 2.43. The van der Waals surface area contributed by atoms with Crippen LogP contribution in [-0.4, -0.2) is 36.9 Å². The SMILES string of the molecule is CC(=O)OC[C@@H]1CC(OC(C)=O)[C@H](C)O1. The number of hydrogen-bond donors (Lipinski definition) is 0. The van der Waals surface area contributed by atoms with Crippen LogP contribution in [0.3, 0.4) is 0 Å². The van der Waals surface area contributed by atoms with Crippen molar-refractivity contribution in [3.05, 3.63) is 0 Å². The minimum absolute atomic E-state index is 0.144. The minimum atomic E-state index is -0.331. The highest BCUT2D eigenvalue weighted by molar-refractivity contribution is 5.66. The van der Waals surface area contributed by atoms with Crippen LogP contribution in [-0.2, 0) is 23.8 Å². The molecule has 0 spiro atoms. The number of rotatable bonds is 3. The third-order valence-corrected chi connectivity index (χ3v) is 2.22. The Bertz CT molecular complexity index is 250. The zero-order valence-electron chi connectivity index (χ0n) is 9.19. The fraction of sp³-hybridized carbons (Fsp3) is 0.800. The molecule has 0 aromatic heterocycles. The van der Waals surface area contributed by atoms with E-state index < -0.39 is 0 Å². The third-order valence-electron chi connectivity index (χ3n) is 2.22. The average molecular weight is 216 g/mol. The van der Waals surface area contributed by atoms with Crippen LogP contribution in [0.25, 0.3) is 0 Å². The second-order valence-corrected chi connectivity index (χ2v) is 3.65. The molecule has 3 atom stereocenters. The van der Waals surface area contributed by atoms with Crippen LogP contribution >= 0.6 is 0 Å². The molecule has 1 heterocycles. The van der Waals surface area contributed by atoms with Gasteiger partial charge in [0, 0.05) is 20.3 Å². The molecule has 1 fully saturated rings. The van der Waals surface area contributed by atoms with Gasteiger partial charge in [-0.2, -0.15) is 0 Å². The highest BCUT2D eigenvalue weighted by atomic mass is 16.6. The van der Waals surface area contributed by atoms with Gasteiger partial charge in [-0.05, 0) is 6.92 Å². The van der Waals surface area contributed by atoms with Crippen molar-refractivity contribution >= 4 is 11.9 Å². The quantitative estimate of drug-likeness (QED) is 0.648. The molecule has 1 aliphatic rings. The summed E-state index contributed by atoms with van der Waals surface area (Å²) in [7, 11) is 0. The zero-order valence-corrected chi connectivity index (χ0v) is 9.19. The van der Waals surface area contributed by atoms with Gasteiger partial charge in [-0.25, -0.2) is 0 Å². The van der Waals surface area contributed by atoms with Crippen molar-refractivity contribution in [1.29, 1.82) is 0 Å². The lowest BCUT2D eigenvalue weighted by Crippen LogP contribution is -2.23. The molecule has 5 nitrogen and oxygen atoms in total. The van der Waals surface area contributed by atoms with E-state index in [1.165, 1.54) is 13.8 Å². The first-order chi connectivity index (χ1) is 6.99. The van der Waals surface area contributed by atoms with Crippen LogP contribution in [0.5, 0.6) is 0 Å². The monoisotopic (exact) mass is 216 g/mol. The Morgan fingerprint density at radius 1 is 1.33 bits per heavy atom. The molecule has 0 radical (unpaired) electrons. The highest BCUT2D eigenvalue weighted by Crippen LogP contribution is 2.23. The van der Waals surface area contributed by atoms with Gasteiger partial charge in [-0.1, -0.05) is 0 Å². The summed E-state index contributed by atoms with van der Waals surface area (Å²) < 4.78 is 15.3. The molecular weight excluding hydrogens is 200 g/mol. The van der Waals surface area contributed by atoms with Gasteiger partial charge in [0.05, 0.1) is 12.2 Å². The number of ether oxygens (including phenoxy) is 3. The zero-order chi connectivity index (χ0) is 11.4. The summed E-state index contributed by atoms with van der Waals surface area (Å²) >= 11 is 0. The van der Waals surface area contributed by atoms with E-state index in [1.54, 1.807) is 0 Å².